The van der Waals surface area contributed by atoms with E-state index in [1.807, 2.05) is 0 Å². The Morgan fingerprint density at radius 3 is 1.17 bits per heavy atom. The molecule has 16 heteroatoms. The van der Waals surface area contributed by atoms with Crippen LogP contribution in [0, 0.1) is 40.5 Å². The molecule has 0 aromatic heterocycles. The van der Waals surface area contributed by atoms with Crippen LogP contribution in [0.15, 0.2) is 107 Å². The van der Waals surface area contributed by atoms with Crippen molar-refractivity contribution in [2.45, 2.75) is 0 Å². The number of nitrogens with one attached hydrogen (secondary N) is 2. The second kappa shape index (κ2) is 12.5. The maximum Gasteiger partial charge on any atom is 0.301 e. The monoisotopic (exact) mass is 570 g/mol. The lowest BCUT2D eigenvalue weighted by Gasteiger charge is -2.13. The van der Waals surface area contributed by atoms with Gasteiger partial charge in [0, 0.05) is 23.3 Å². The Hall–Kier alpha value is -6.58. The highest BCUT2D eigenvalue weighted by atomic mass is 16.6. The van der Waals surface area contributed by atoms with Crippen LogP contribution in [-0.2, 0) is 0 Å². The molecular weight excluding hydrogens is 552 g/mol. The second-order valence-corrected chi connectivity index (χ2v) is 8.31. The van der Waals surface area contributed by atoms with Crippen LogP contribution in [0.3, 0.4) is 0 Å². The minimum absolute atomic E-state index is 0.131. The molecule has 0 heterocycles. The van der Waals surface area contributed by atoms with Crippen molar-refractivity contribution < 1.29 is 19.7 Å². The van der Waals surface area contributed by atoms with Gasteiger partial charge >= 0.3 is 11.4 Å². The van der Waals surface area contributed by atoms with Crippen molar-refractivity contribution in [1.82, 2.24) is 0 Å². The van der Waals surface area contributed by atoms with E-state index < -0.39 is 42.4 Å². The number of hydrazone groups is 2. The average molecular weight is 570 g/mol. The zero-order valence-corrected chi connectivity index (χ0v) is 21.2. The number of non-ortho nitro benzene ring substituents is 2. The number of hydrogen-bond donors (Lipinski definition) is 2. The number of hydrogen-bond acceptors (Lipinski definition) is 12. The smallest absolute Gasteiger partial charge is 0.271 e. The third kappa shape index (κ3) is 6.52. The van der Waals surface area contributed by atoms with Crippen molar-refractivity contribution in [2.75, 3.05) is 10.9 Å². The van der Waals surface area contributed by atoms with E-state index in [9.17, 15) is 40.5 Å². The first kappa shape index (κ1) is 28.4. The molecule has 4 aromatic rings. The summed E-state index contributed by atoms with van der Waals surface area (Å²) in [5.41, 5.74) is 3.94. The summed E-state index contributed by atoms with van der Waals surface area (Å²) in [7, 11) is 0. The van der Waals surface area contributed by atoms with Crippen LogP contribution in [0.4, 0.5) is 34.1 Å². The van der Waals surface area contributed by atoms with Crippen molar-refractivity contribution in [2.24, 2.45) is 10.2 Å². The molecule has 0 aliphatic heterocycles. The van der Waals surface area contributed by atoms with E-state index in [4.69, 9.17) is 0 Å². The standard InChI is InChI=1S/C26H18N8O8/c35-31(36)19-11-13-21(23(15-19)33(39)40)27-29-25(17-7-3-1-4-8-17)26(18-9-5-2-6-10-18)30-28-22-14-12-20(32(37)38)16-24(22)34(41)42/h1-16,27-28H/b29-25-,30-26+. The van der Waals surface area contributed by atoms with Gasteiger partial charge in [-0.3, -0.25) is 51.3 Å². The molecule has 2 N–H and O–H groups in total. The summed E-state index contributed by atoms with van der Waals surface area (Å²) in [6.07, 6.45) is 0. The molecule has 0 saturated carbocycles. The summed E-state index contributed by atoms with van der Waals surface area (Å²) in [5, 5.41) is 54.3. The lowest BCUT2D eigenvalue weighted by molar-refractivity contribution is -0.393. The molecule has 0 amide bonds. The first-order chi connectivity index (χ1) is 20.2. The highest BCUT2D eigenvalue weighted by Crippen LogP contribution is 2.30. The predicted octanol–water partition coefficient (Wildman–Crippen LogP) is 5.65. The predicted molar refractivity (Wildman–Crippen MR) is 153 cm³/mol. The SMILES string of the molecule is O=[N+]([O-])c1ccc(N/N=C(\C(=N\Nc2ccc([N+](=O)[O-])cc2[N+](=O)[O-])c2ccccc2)c2ccccc2)c([N+](=O)[O-])c1. The first-order valence-electron chi connectivity index (χ1n) is 11.8. The third-order valence-electron chi connectivity index (χ3n) is 5.67. The topological polar surface area (TPSA) is 221 Å². The van der Waals surface area contributed by atoms with Crippen LogP contribution in [0.5, 0.6) is 0 Å². The van der Waals surface area contributed by atoms with Gasteiger partial charge in [-0.1, -0.05) is 60.7 Å². The first-order valence-corrected chi connectivity index (χ1v) is 11.8. The molecule has 42 heavy (non-hydrogen) atoms. The second-order valence-electron chi connectivity index (χ2n) is 8.31. The summed E-state index contributed by atoms with van der Waals surface area (Å²) in [6, 6.07) is 23.0. The maximum atomic E-state index is 11.6. The lowest BCUT2D eigenvalue weighted by atomic mass is 10.00. The molecule has 0 radical (unpaired) electrons. The van der Waals surface area contributed by atoms with Gasteiger partial charge in [-0.25, -0.2) is 0 Å². The molecule has 0 aliphatic rings. The number of anilines is 2. The van der Waals surface area contributed by atoms with E-state index in [-0.39, 0.29) is 22.8 Å². The largest absolute Gasteiger partial charge is 0.301 e. The highest BCUT2D eigenvalue weighted by Gasteiger charge is 2.22. The summed E-state index contributed by atoms with van der Waals surface area (Å²) >= 11 is 0. The zero-order chi connectivity index (χ0) is 30.2. The van der Waals surface area contributed by atoms with Crippen LogP contribution in [0.25, 0.3) is 0 Å². The Morgan fingerprint density at radius 1 is 0.500 bits per heavy atom. The highest BCUT2D eigenvalue weighted by molar-refractivity contribution is 6.53. The number of nitrogens with zero attached hydrogens (tertiary/aromatic N) is 6. The molecule has 4 aromatic carbocycles. The minimum Gasteiger partial charge on any atom is -0.271 e. The Kier molecular flexibility index (Phi) is 8.47. The number of benzene rings is 4. The summed E-state index contributed by atoms with van der Waals surface area (Å²) in [6.45, 7) is 0. The average Bonchev–Trinajstić information content (AvgIpc) is 2.99. The van der Waals surface area contributed by atoms with Gasteiger partial charge in [0.05, 0.1) is 31.8 Å². The lowest BCUT2D eigenvalue weighted by Crippen LogP contribution is -2.20. The van der Waals surface area contributed by atoms with E-state index in [2.05, 4.69) is 21.1 Å². The fourth-order valence-electron chi connectivity index (χ4n) is 3.69. The molecule has 0 fully saturated rings. The van der Waals surface area contributed by atoms with Crippen LogP contribution in [0.1, 0.15) is 11.1 Å². The summed E-state index contributed by atoms with van der Waals surface area (Å²) < 4.78 is 0. The van der Waals surface area contributed by atoms with E-state index in [0.717, 1.165) is 36.4 Å². The van der Waals surface area contributed by atoms with Crippen molar-refractivity contribution in [3.8, 4) is 0 Å². The van der Waals surface area contributed by atoms with Crippen LogP contribution in [0.2, 0.25) is 0 Å². The zero-order valence-electron chi connectivity index (χ0n) is 21.2. The van der Waals surface area contributed by atoms with Gasteiger partial charge < -0.3 is 0 Å². The van der Waals surface area contributed by atoms with Crippen LogP contribution >= 0.6 is 0 Å². The Balaban J connectivity index is 1.86. The Bertz CT molecular complexity index is 1620. The molecule has 0 bridgehead atoms. The number of nitro groups is 4. The number of nitro benzene ring substituents is 4. The molecule has 0 aliphatic carbocycles. The molecule has 0 atom stereocenters. The molecule has 16 nitrogen and oxygen atoms in total. The van der Waals surface area contributed by atoms with Crippen molar-refractivity contribution in [1.29, 1.82) is 0 Å². The molecule has 0 saturated heterocycles. The van der Waals surface area contributed by atoms with Gasteiger partial charge in [0.15, 0.2) is 0 Å². The minimum atomic E-state index is -0.797. The Morgan fingerprint density at radius 2 is 0.857 bits per heavy atom. The third-order valence-corrected chi connectivity index (χ3v) is 5.67. The van der Waals surface area contributed by atoms with Crippen molar-refractivity contribution in [3.63, 3.8) is 0 Å². The van der Waals surface area contributed by atoms with E-state index >= 15 is 0 Å². The van der Waals surface area contributed by atoms with E-state index in [1.165, 1.54) is 0 Å². The normalized spacial score (nSPS) is 11.4. The van der Waals surface area contributed by atoms with Crippen LogP contribution in [-0.4, -0.2) is 31.1 Å². The molecule has 0 spiro atoms. The van der Waals surface area contributed by atoms with Gasteiger partial charge in [0.25, 0.3) is 11.4 Å². The van der Waals surface area contributed by atoms with Gasteiger partial charge in [-0.05, 0) is 12.1 Å². The van der Waals surface area contributed by atoms with Crippen molar-refractivity contribution in [3.05, 3.63) is 149 Å². The van der Waals surface area contributed by atoms with Crippen LogP contribution < -0.4 is 10.9 Å². The van der Waals surface area contributed by atoms with Gasteiger partial charge in [-0.15, -0.1) is 0 Å². The Labute approximate surface area is 235 Å². The van der Waals surface area contributed by atoms with Gasteiger partial charge in [0.1, 0.15) is 22.8 Å². The molecular formula is C26H18N8O8. The quantitative estimate of drug-likeness (QED) is 0.128. The van der Waals surface area contributed by atoms with E-state index in [0.29, 0.717) is 11.1 Å². The summed E-state index contributed by atoms with van der Waals surface area (Å²) in [5.74, 6) is 0. The molecule has 4 rings (SSSR count). The van der Waals surface area contributed by atoms with Gasteiger partial charge in [0.2, 0.25) is 0 Å². The van der Waals surface area contributed by atoms with E-state index in [1.54, 1.807) is 60.7 Å². The maximum absolute atomic E-state index is 11.6. The molecule has 0 unspecified atom stereocenters. The molecule has 210 valence electrons. The van der Waals surface area contributed by atoms with Gasteiger partial charge in [-0.2, -0.15) is 10.2 Å². The number of rotatable bonds is 11. The fraction of sp³-hybridized carbons (Fsp3) is 0. The summed E-state index contributed by atoms with van der Waals surface area (Å²) in [4.78, 5) is 42.4. The van der Waals surface area contributed by atoms with Crippen molar-refractivity contribution >= 4 is 45.5 Å². The fourth-order valence-corrected chi connectivity index (χ4v) is 3.69.